The number of aromatic nitrogens is 2. The number of halogens is 2. The fraction of sp³-hybridized carbons (Fsp3) is 0.261. The Kier molecular flexibility index (Phi) is 6.35. The number of nitrogens with zero attached hydrogens (tertiary/aromatic N) is 1. The van der Waals surface area contributed by atoms with E-state index in [9.17, 15) is 23.9 Å². The quantitative estimate of drug-likeness (QED) is 0.399. The fourth-order valence-corrected chi connectivity index (χ4v) is 5.81. The van der Waals surface area contributed by atoms with Gasteiger partial charge in [0.2, 0.25) is 5.91 Å². The van der Waals surface area contributed by atoms with E-state index in [-0.39, 0.29) is 16.0 Å². The number of alkyl halides is 1. The standard InChI is InChI=1S/C23H19FIN3O5S/c24-18-19(29)14(33-22(18)28-10-13(25)20(30)27-23(28)32)9-26-21(31)17-11-5-1-3-7-15(11)34-16-8-4-2-6-12(16)17/h1-8,10,14,17-19,22,29H,9H2,(H,26,31)(H,27,30,32)/t14-,18+,19-,22?/m1/s1. The van der Waals surface area contributed by atoms with Crippen LogP contribution in [-0.2, 0) is 9.53 Å². The first-order chi connectivity index (χ1) is 16.3. The molecule has 1 aromatic heterocycles. The topological polar surface area (TPSA) is 113 Å². The zero-order valence-corrected chi connectivity index (χ0v) is 20.5. The number of carbonyl (C=O) groups excluding carboxylic acids is 1. The number of aliphatic hydroxyl groups is 1. The second kappa shape index (κ2) is 9.29. The van der Waals surface area contributed by atoms with Crippen molar-refractivity contribution < 1.29 is 19.0 Å². The van der Waals surface area contributed by atoms with Crippen molar-refractivity contribution in [2.45, 2.75) is 40.3 Å². The molecule has 0 bridgehead atoms. The van der Waals surface area contributed by atoms with E-state index >= 15 is 0 Å². The lowest BCUT2D eigenvalue weighted by Crippen LogP contribution is -2.41. The second-order valence-electron chi connectivity index (χ2n) is 8.00. The maximum absolute atomic E-state index is 14.9. The van der Waals surface area contributed by atoms with Crippen LogP contribution in [0.3, 0.4) is 0 Å². The SMILES string of the molecule is O=C(NC[C@H]1OC(n2cc(I)c(=O)[nH]c2=O)[C@@H](F)[C@@H]1O)C1c2ccccc2Sc2ccccc21. The summed E-state index contributed by atoms with van der Waals surface area (Å²) >= 11 is 3.32. The molecule has 1 fully saturated rings. The molecule has 3 aromatic rings. The lowest BCUT2D eigenvalue weighted by atomic mass is 9.89. The molecule has 5 rings (SSSR count). The van der Waals surface area contributed by atoms with Crippen LogP contribution in [0.1, 0.15) is 23.3 Å². The van der Waals surface area contributed by atoms with Gasteiger partial charge in [0.15, 0.2) is 12.4 Å². The number of hydrogen-bond acceptors (Lipinski definition) is 6. The number of hydrogen-bond donors (Lipinski definition) is 3. The number of carbonyl (C=O) groups is 1. The van der Waals surface area contributed by atoms with Crippen LogP contribution in [0.2, 0.25) is 0 Å². The summed E-state index contributed by atoms with van der Waals surface area (Å²) < 4.78 is 21.6. The van der Waals surface area contributed by atoms with E-state index in [1.165, 1.54) is 6.20 Å². The Morgan fingerprint density at radius 3 is 2.41 bits per heavy atom. The summed E-state index contributed by atoms with van der Waals surface area (Å²) in [6, 6.07) is 15.3. The predicted molar refractivity (Wildman–Crippen MR) is 131 cm³/mol. The van der Waals surface area contributed by atoms with Gasteiger partial charge in [-0.15, -0.1) is 0 Å². The van der Waals surface area contributed by atoms with Gasteiger partial charge in [-0.1, -0.05) is 48.2 Å². The van der Waals surface area contributed by atoms with Crippen molar-refractivity contribution in [3.05, 3.63) is 90.3 Å². The molecule has 2 aliphatic rings. The molecule has 0 spiro atoms. The molecule has 34 heavy (non-hydrogen) atoms. The highest BCUT2D eigenvalue weighted by molar-refractivity contribution is 14.1. The van der Waals surface area contributed by atoms with Crippen LogP contribution < -0.4 is 16.6 Å². The highest BCUT2D eigenvalue weighted by Gasteiger charge is 2.46. The molecule has 176 valence electrons. The first-order valence-corrected chi connectivity index (χ1v) is 12.4. The van der Waals surface area contributed by atoms with Crippen molar-refractivity contribution in [1.82, 2.24) is 14.9 Å². The molecule has 11 heteroatoms. The van der Waals surface area contributed by atoms with Gasteiger partial charge in [-0.2, -0.15) is 0 Å². The maximum Gasteiger partial charge on any atom is 0.330 e. The molecule has 0 saturated carbocycles. The van der Waals surface area contributed by atoms with Gasteiger partial charge in [0.25, 0.3) is 5.56 Å². The number of aromatic amines is 1. The molecule has 0 radical (unpaired) electrons. The Hall–Kier alpha value is -2.48. The lowest BCUT2D eigenvalue weighted by Gasteiger charge is -2.27. The van der Waals surface area contributed by atoms with Gasteiger partial charge in [0.1, 0.15) is 12.2 Å². The summed E-state index contributed by atoms with van der Waals surface area (Å²) in [6.45, 7) is -0.153. The fourth-order valence-electron chi connectivity index (χ4n) is 4.24. The smallest absolute Gasteiger partial charge is 0.330 e. The highest BCUT2D eigenvalue weighted by atomic mass is 127. The van der Waals surface area contributed by atoms with Crippen LogP contribution in [0.5, 0.6) is 0 Å². The highest BCUT2D eigenvalue weighted by Crippen LogP contribution is 2.45. The Balaban J connectivity index is 1.35. The third-order valence-electron chi connectivity index (χ3n) is 5.91. The molecule has 4 atom stereocenters. The number of benzene rings is 2. The molecule has 1 amide bonds. The average molecular weight is 595 g/mol. The van der Waals surface area contributed by atoms with E-state index < -0.39 is 41.8 Å². The lowest BCUT2D eigenvalue weighted by molar-refractivity contribution is -0.122. The number of aliphatic hydroxyl groups excluding tert-OH is 1. The second-order valence-corrected chi connectivity index (χ2v) is 10.2. The van der Waals surface area contributed by atoms with Crippen molar-refractivity contribution in [3.8, 4) is 0 Å². The average Bonchev–Trinajstić information content (AvgIpc) is 3.11. The van der Waals surface area contributed by atoms with Crippen molar-refractivity contribution >= 4 is 40.3 Å². The molecule has 1 unspecified atom stereocenters. The molecule has 1 saturated heterocycles. The van der Waals surface area contributed by atoms with Gasteiger partial charge in [-0.05, 0) is 45.9 Å². The molecule has 0 aliphatic carbocycles. The monoisotopic (exact) mass is 595 g/mol. The Bertz CT molecular complexity index is 1330. The van der Waals surface area contributed by atoms with E-state index in [0.717, 1.165) is 25.5 Å². The number of H-pyrrole nitrogens is 1. The summed E-state index contributed by atoms with van der Waals surface area (Å²) in [5, 5.41) is 13.2. The normalized spacial score (nSPS) is 23.9. The number of amides is 1. The maximum atomic E-state index is 14.9. The molecule has 2 aromatic carbocycles. The van der Waals surface area contributed by atoms with E-state index in [1.54, 1.807) is 34.4 Å². The number of nitrogens with one attached hydrogen (secondary N) is 2. The Morgan fingerprint density at radius 2 is 1.76 bits per heavy atom. The first kappa shape index (κ1) is 23.3. The van der Waals surface area contributed by atoms with Gasteiger partial charge in [0.05, 0.1) is 9.49 Å². The zero-order valence-electron chi connectivity index (χ0n) is 17.5. The van der Waals surface area contributed by atoms with E-state index in [4.69, 9.17) is 4.74 Å². The van der Waals surface area contributed by atoms with Crippen molar-refractivity contribution in [2.24, 2.45) is 0 Å². The van der Waals surface area contributed by atoms with Crippen molar-refractivity contribution in [3.63, 3.8) is 0 Å². The van der Waals surface area contributed by atoms with Gasteiger partial charge < -0.3 is 15.2 Å². The summed E-state index contributed by atoms with van der Waals surface area (Å²) in [7, 11) is 0. The van der Waals surface area contributed by atoms with Crippen LogP contribution >= 0.6 is 34.4 Å². The molecule has 8 nitrogen and oxygen atoms in total. The molecular formula is C23H19FIN3O5S. The van der Waals surface area contributed by atoms with E-state index in [1.807, 2.05) is 48.5 Å². The van der Waals surface area contributed by atoms with Crippen molar-refractivity contribution in [1.29, 1.82) is 0 Å². The van der Waals surface area contributed by atoms with Crippen LogP contribution in [0.4, 0.5) is 4.39 Å². The number of fused-ring (bicyclic) bond motifs is 2. The molecule has 3 heterocycles. The van der Waals surface area contributed by atoms with E-state index in [0.29, 0.717) is 0 Å². The summed E-state index contributed by atoms with van der Waals surface area (Å²) in [5.74, 6) is -0.863. The molecule has 3 N–H and O–H groups in total. The van der Waals surface area contributed by atoms with Gasteiger partial charge in [-0.3, -0.25) is 19.1 Å². The van der Waals surface area contributed by atoms with Crippen molar-refractivity contribution in [2.75, 3.05) is 6.54 Å². The van der Waals surface area contributed by atoms with Gasteiger partial charge in [0, 0.05) is 22.5 Å². The summed E-state index contributed by atoms with van der Waals surface area (Å²) in [6.07, 6.45) is -4.82. The molecule has 2 aliphatic heterocycles. The number of rotatable bonds is 4. The van der Waals surface area contributed by atoms with Crippen LogP contribution in [0.25, 0.3) is 0 Å². The Morgan fingerprint density at radius 1 is 1.15 bits per heavy atom. The first-order valence-electron chi connectivity index (χ1n) is 10.5. The van der Waals surface area contributed by atoms with Crippen LogP contribution in [0, 0.1) is 3.57 Å². The number of ether oxygens (including phenoxy) is 1. The van der Waals surface area contributed by atoms with Crippen LogP contribution in [-0.4, -0.2) is 45.5 Å². The largest absolute Gasteiger partial charge is 0.387 e. The zero-order chi connectivity index (χ0) is 24.0. The van der Waals surface area contributed by atoms with Gasteiger partial charge >= 0.3 is 5.69 Å². The minimum absolute atomic E-state index is 0.153. The Labute approximate surface area is 210 Å². The minimum Gasteiger partial charge on any atom is -0.387 e. The van der Waals surface area contributed by atoms with Gasteiger partial charge in [-0.25, -0.2) is 9.18 Å². The minimum atomic E-state index is -1.92. The van der Waals surface area contributed by atoms with E-state index in [2.05, 4.69) is 10.3 Å². The third kappa shape index (κ3) is 4.10. The summed E-state index contributed by atoms with van der Waals surface area (Å²) in [4.78, 5) is 41.1. The van der Waals surface area contributed by atoms with Crippen LogP contribution in [0.15, 0.2) is 74.1 Å². The molecular weight excluding hydrogens is 576 g/mol. The summed E-state index contributed by atoms with van der Waals surface area (Å²) in [5.41, 5.74) is 0.299. The third-order valence-corrected chi connectivity index (χ3v) is 7.86. The predicted octanol–water partition coefficient (Wildman–Crippen LogP) is 2.15.